The van der Waals surface area contributed by atoms with E-state index in [0.29, 0.717) is 5.02 Å². The second-order valence-electron chi connectivity index (χ2n) is 3.03. The first-order valence-electron chi connectivity index (χ1n) is 4.35. The van der Waals surface area contributed by atoms with Gasteiger partial charge in [0.25, 0.3) is 0 Å². The minimum absolute atomic E-state index is 0.263. The fourth-order valence-electron chi connectivity index (χ4n) is 1.32. The molecule has 1 heterocycles. The normalized spacial score (nSPS) is 9.93. The quantitative estimate of drug-likeness (QED) is 0.431. The van der Waals surface area contributed by atoms with Gasteiger partial charge in [0, 0.05) is 21.0 Å². The number of nitrogens with zero attached hydrogens (tertiary/aromatic N) is 4. The van der Waals surface area contributed by atoms with E-state index in [1.807, 2.05) is 24.3 Å². The maximum absolute atomic E-state index is 8.19. The fraction of sp³-hybridized carbons (Fsp3) is 0.100. The molecule has 0 radical (unpaired) electrons. The zero-order chi connectivity index (χ0) is 10.7. The average molecular weight is 219 g/mol. The van der Waals surface area contributed by atoms with Crippen molar-refractivity contribution in [2.45, 2.75) is 6.54 Å². The molecule has 0 aliphatic carbocycles. The Morgan fingerprint density at radius 3 is 2.93 bits per heavy atom. The summed E-state index contributed by atoms with van der Waals surface area (Å²) in [5, 5.41) is 5.12. The van der Waals surface area contributed by atoms with Crippen molar-refractivity contribution in [2.24, 2.45) is 5.11 Å². The highest BCUT2D eigenvalue weighted by Crippen LogP contribution is 2.18. The Morgan fingerprint density at radius 2 is 2.13 bits per heavy atom. The van der Waals surface area contributed by atoms with E-state index >= 15 is 0 Å². The summed E-state index contributed by atoms with van der Waals surface area (Å²) in [6.07, 6.45) is 0. The van der Waals surface area contributed by atoms with E-state index in [4.69, 9.17) is 17.1 Å². The molecule has 0 fully saturated rings. The molecule has 15 heavy (non-hydrogen) atoms. The molecule has 0 saturated heterocycles. The van der Waals surface area contributed by atoms with Gasteiger partial charge in [0.2, 0.25) is 0 Å². The summed E-state index contributed by atoms with van der Waals surface area (Å²) in [6, 6.07) is 9.28. The summed E-state index contributed by atoms with van der Waals surface area (Å²) in [5.74, 6) is 0. The molecule has 0 bridgehead atoms. The maximum atomic E-state index is 8.19. The highest BCUT2D eigenvalue weighted by molar-refractivity contribution is 6.31. The Labute approximate surface area is 91.1 Å². The molecule has 0 amide bonds. The van der Waals surface area contributed by atoms with Crippen molar-refractivity contribution in [1.29, 1.82) is 0 Å². The zero-order valence-corrected chi connectivity index (χ0v) is 8.52. The Kier molecular flexibility index (Phi) is 2.72. The Hall–Kier alpha value is -1.77. The van der Waals surface area contributed by atoms with Crippen LogP contribution in [-0.4, -0.2) is 4.98 Å². The average Bonchev–Trinajstić information content (AvgIpc) is 2.25. The van der Waals surface area contributed by atoms with Crippen LogP contribution in [-0.2, 0) is 6.54 Å². The molecule has 2 rings (SSSR count). The Morgan fingerprint density at radius 1 is 1.33 bits per heavy atom. The van der Waals surface area contributed by atoms with Crippen LogP contribution in [0.4, 0.5) is 0 Å². The third kappa shape index (κ3) is 2.18. The van der Waals surface area contributed by atoms with Crippen molar-refractivity contribution in [2.75, 3.05) is 0 Å². The highest BCUT2D eigenvalue weighted by Gasteiger charge is 1.98. The first kappa shape index (κ1) is 9.77. The van der Waals surface area contributed by atoms with E-state index in [0.717, 1.165) is 16.6 Å². The first-order chi connectivity index (χ1) is 7.29. The van der Waals surface area contributed by atoms with Gasteiger partial charge in [-0.05, 0) is 23.7 Å². The molecule has 1 aromatic carbocycles. The molecule has 4 nitrogen and oxygen atoms in total. The van der Waals surface area contributed by atoms with Gasteiger partial charge >= 0.3 is 0 Å². The summed E-state index contributed by atoms with van der Waals surface area (Å²) in [7, 11) is 0. The van der Waals surface area contributed by atoms with Crippen molar-refractivity contribution in [3.05, 3.63) is 51.5 Å². The van der Waals surface area contributed by atoms with Crippen LogP contribution in [0.3, 0.4) is 0 Å². The van der Waals surface area contributed by atoms with Gasteiger partial charge in [-0.15, -0.1) is 0 Å². The molecular formula is C10H7ClN4. The monoisotopic (exact) mass is 218 g/mol. The van der Waals surface area contributed by atoms with Gasteiger partial charge in [0.15, 0.2) is 0 Å². The number of benzene rings is 1. The molecule has 5 heteroatoms. The minimum atomic E-state index is 0.263. The van der Waals surface area contributed by atoms with Crippen LogP contribution in [0.1, 0.15) is 5.69 Å². The largest absolute Gasteiger partial charge is 0.253 e. The fourth-order valence-corrected chi connectivity index (χ4v) is 1.49. The Balaban J connectivity index is 2.49. The molecule has 0 aliphatic rings. The van der Waals surface area contributed by atoms with Crippen molar-refractivity contribution in [3.63, 3.8) is 0 Å². The number of fused-ring (bicyclic) bond motifs is 1. The van der Waals surface area contributed by atoms with Crippen LogP contribution in [0, 0.1) is 0 Å². The number of rotatable bonds is 2. The van der Waals surface area contributed by atoms with Crippen LogP contribution in [0.2, 0.25) is 5.02 Å². The summed E-state index contributed by atoms with van der Waals surface area (Å²) < 4.78 is 0. The van der Waals surface area contributed by atoms with Gasteiger partial charge in [-0.25, -0.2) is 0 Å². The van der Waals surface area contributed by atoms with E-state index in [1.165, 1.54) is 0 Å². The third-order valence-electron chi connectivity index (χ3n) is 2.01. The van der Waals surface area contributed by atoms with Crippen LogP contribution in [0.25, 0.3) is 21.3 Å². The van der Waals surface area contributed by atoms with Crippen molar-refractivity contribution in [1.82, 2.24) is 4.98 Å². The molecule has 74 valence electrons. The van der Waals surface area contributed by atoms with Gasteiger partial charge in [0.05, 0.1) is 12.1 Å². The number of azide groups is 1. The molecular weight excluding hydrogens is 212 g/mol. The lowest BCUT2D eigenvalue weighted by molar-refractivity contribution is 0.990. The lowest BCUT2D eigenvalue weighted by Gasteiger charge is -2.00. The SMILES string of the molecule is [N-]=[N+]=NCc1ccc2ccc(Cl)cc2n1. The lowest BCUT2D eigenvalue weighted by Crippen LogP contribution is -1.87. The third-order valence-corrected chi connectivity index (χ3v) is 2.24. The standard InChI is InChI=1S/C10H7ClN4/c11-8-3-1-7-2-4-9(6-13-15-12)14-10(7)5-8/h1-5H,6H2. The molecule has 1 aromatic heterocycles. The zero-order valence-electron chi connectivity index (χ0n) is 7.76. The topological polar surface area (TPSA) is 61.7 Å². The lowest BCUT2D eigenvalue weighted by atomic mass is 10.2. The van der Waals surface area contributed by atoms with E-state index in [-0.39, 0.29) is 6.54 Å². The molecule has 0 saturated carbocycles. The van der Waals surface area contributed by atoms with E-state index in [1.54, 1.807) is 6.07 Å². The molecule has 0 spiro atoms. The minimum Gasteiger partial charge on any atom is -0.253 e. The van der Waals surface area contributed by atoms with E-state index in [2.05, 4.69) is 15.0 Å². The molecule has 0 atom stereocenters. The van der Waals surface area contributed by atoms with E-state index in [9.17, 15) is 0 Å². The number of halogens is 1. The van der Waals surface area contributed by atoms with Gasteiger partial charge in [-0.2, -0.15) is 0 Å². The summed E-state index contributed by atoms with van der Waals surface area (Å²) in [6.45, 7) is 0.263. The molecule has 0 unspecified atom stereocenters. The smallest absolute Gasteiger partial charge is 0.0720 e. The summed E-state index contributed by atoms with van der Waals surface area (Å²) >= 11 is 5.85. The van der Waals surface area contributed by atoms with Crippen molar-refractivity contribution in [3.8, 4) is 0 Å². The van der Waals surface area contributed by atoms with Crippen LogP contribution in [0.5, 0.6) is 0 Å². The van der Waals surface area contributed by atoms with Crippen molar-refractivity contribution < 1.29 is 0 Å². The molecule has 2 aromatic rings. The number of hydrogen-bond acceptors (Lipinski definition) is 2. The summed E-state index contributed by atoms with van der Waals surface area (Å²) in [4.78, 5) is 7.01. The van der Waals surface area contributed by atoms with Gasteiger partial charge in [-0.3, -0.25) is 4.98 Å². The molecule has 0 N–H and O–H groups in total. The number of aromatic nitrogens is 1. The van der Waals surface area contributed by atoms with Gasteiger partial charge in [0.1, 0.15) is 0 Å². The predicted octanol–water partition coefficient (Wildman–Crippen LogP) is 3.70. The van der Waals surface area contributed by atoms with Crippen LogP contribution >= 0.6 is 11.6 Å². The van der Waals surface area contributed by atoms with Gasteiger partial charge < -0.3 is 0 Å². The van der Waals surface area contributed by atoms with E-state index < -0.39 is 0 Å². The second kappa shape index (κ2) is 4.17. The van der Waals surface area contributed by atoms with Crippen molar-refractivity contribution >= 4 is 22.5 Å². The van der Waals surface area contributed by atoms with Gasteiger partial charge in [-0.1, -0.05) is 28.8 Å². The number of hydrogen-bond donors (Lipinski definition) is 0. The number of pyridine rings is 1. The summed E-state index contributed by atoms with van der Waals surface area (Å²) in [5.41, 5.74) is 9.75. The molecule has 0 aliphatic heterocycles. The maximum Gasteiger partial charge on any atom is 0.0720 e. The predicted molar refractivity (Wildman–Crippen MR) is 59.6 cm³/mol. The van der Waals surface area contributed by atoms with Crippen LogP contribution < -0.4 is 0 Å². The van der Waals surface area contributed by atoms with Crippen LogP contribution in [0.15, 0.2) is 35.4 Å². The first-order valence-corrected chi connectivity index (χ1v) is 4.73. The second-order valence-corrected chi connectivity index (χ2v) is 3.47. The Bertz CT molecular complexity index is 546. The highest BCUT2D eigenvalue weighted by atomic mass is 35.5.